The zero-order valence-electron chi connectivity index (χ0n) is 12.1. The number of nitrogens with one attached hydrogen (secondary N) is 1. The van der Waals surface area contributed by atoms with Gasteiger partial charge < -0.3 is 4.90 Å². The van der Waals surface area contributed by atoms with Crippen LogP contribution >= 0.6 is 0 Å². The predicted octanol–water partition coefficient (Wildman–Crippen LogP) is 3.04. The van der Waals surface area contributed by atoms with E-state index in [-0.39, 0.29) is 12.1 Å². The maximum atomic E-state index is 11.9. The molecule has 0 aliphatic carbocycles. The van der Waals surface area contributed by atoms with Crippen molar-refractivity contribution in [2.45, 2.75) is 45.7 Å². The molecule has 1 fully saturated rings. The Balaban J connectivity index is 2.13. The highest BCUT2D eigenvalue weighted by Crippen LogP contribution is 2.24. The summed E-state index contributed by atoms with van der Waals surface area (Å²) < 4.78 is 0. The van der Waals surface area contributed by atoms with Gasteiger partial charge in [-0.05, 0) is 23.5 Å². The van der Waals surface area contributed by atoms with Crippen molar-refractivity contribution in [1.82, 2.24) is 10.2 Å². The Bertz CT molecular complexity index is 425. The van der Waals surface area contributed by atoms with E-state index in [1.165, 1.54) is 11.1 Å². The van der Waals surface area contributed by atoms with Crippen molar-refractivity contribution in [2.24, 2.45) is 0 Å². The molecule has 1 saturated heterocycles. The van der Waals surface area contributed by atoms with Gasteiger partial charge in [-0.1, -0.05) is 51.5 Å². The van der Waals surface area contributed by atoms with Gasteiger partial charge in [0.2, 0.25) is 5.91 Å². The van der Waals surface area contributed by atoms with Crippen molar-refractivity contribution in [3.8, 4) is 0 Å². The van der Waals surface area contributed by atoms with Gasteiger partial charge in [0.15, 0.2) is 0 Å². The van der Waals surface area contributed by atoms with E-state index in [1.807, 2.05) is 4.90 Å². The number of carbonyl (C=O) groups is 1. The van der Waals surface area contributed by atoms with E-state index < -0.39 is 0 Å². The van der Waals surface area contributed by atoms with Crippen molar-refractivity contribution >= 4 is 5.91 Å². The Hall–Kier alpha value is -1.35. The van der Waals surface area contributed by atoms with Crippen LogP contribution in [0.15, 0.2) is 24.3 Å². The summed E-state index contributed by atoms with van der Waals surface area (Å²) in [4.78, 5) is 13.9. The average Bonchev–Trinajstić information content (AvgIpc) is 2.78. The second-order valence-electron chi connectivity index (χ2n) is 5.55. The van der Waals surface area contributed by atoms with Gasteiger partial charge >= 0.3 is 0 Å². The fourth-order valence-electron chi connectivity index (χ4n) is 2.48. The van der Waals surface area contributed by atoms with Gasteiger partial charge in [-0.3, -0.25) is 10.1 Å². The molecule has 3 nitrogen and oxygen atoms in total. The molecule has 2 rings (SSSR count). The van der Waals surface area contributed by atoms with Gasteiger partial charge in [0.1, 0.15) is 6.17 Å². The van der Waals surface area contributed by atoms with E-state index in [0.29, 0.717) is 12.5 Å². The maximum absolute atomic E-state index is 11.9. The third kappa shape index (κ3) is 3.16. The number of amides is 1. The molecule has 1 aromatic carbocycles. The molecule has 104 valence electrons. The van der Waals surface area contributed by atoms with Crippen LogP contribution in [0.1, 0.15) is 56.8 Å². The number of nitrogens with zero attached hydrogens (tertiary/aromatic N) is 1. The van der Waals surface area contributed by atoms with Crippen LogP contribution in [0.4, 0.5) is 0 Å². The first-order valence-corrected chi connectivity index (χ1v) is 7.26. The molecule has 1 N–H and O–H groups in total. The molecule has 19 heavy (non-hydrogen) atoms. The van der Waals surface area contributed by atoms with Gasteiger partial charge in [-0.25, -0.2) is 0 Å². The lowest BCUT2D eigenvalue weighted by molar-refractivity contribution is -0.128. The number of hydrogen-bond donors (Lipinski definition) is 1. The molecule has 1 unspecified atom stereocenters. The normalized spacial score (nSPS) is 19.5. The van der Waals surface area contributed by atoms with Crippen LogP contribution in [0, 0.1) is 0 Å². The van der Waals surface area contributed by atoms with Crippen molar-refractivity contribution in [3.63, 3.8) is 0 Å². The Morgan fingerprint density at radius 3 is 2.58 bits per heavy atom. The summed E-state index contributed by atoms with van der Waals surface area (Å²) in [6.45, 7) is 7.85. The van der Waals surface area contributed by atoms with E-state index in [0.717, 1.165) is 19.4 Å². The number of unbranched alkanes of at least 4 members (excludes halogenated alkanes) is 1. The molecule has 0 bridgehead atoms. The van der Waals surface area contributed by atoms with Gasteiger partial charge in [-0.2, -0.15) is 0 Å². The number of hydrogen-bond acceptors (Lipinski definition) is 2. The zero-order valence-corrected chi connectivity index (χ0v) is 12.1. The fraction of sp³-hybridized carbons (Fsp3) is 0.562. The standard InChI is InChI=1S/C16H24N2O/c1-4-5-10-18-15(19)11-17-16(18)14-8-6-13(7-9-14)12(2)3/h6-9,12,16-17H,4-5,10-11H2,1-3H3. The van der Waals surface area contributed by atoms with Crippen molar-refractivity contribution in [1.29, 1.82) is 0 Å². The van der Waals surface area contributed by atoms with E-state index in [1.54, 1.807) is 0 Å². The lowest BCUT2D eigenvalue weighted by atomic mass is 10.0. The van der Waals surface area contributed by atoms with Crippen LogP contribution in [0.3, 0.4) is 0 Å². The van der Waals surface area contributed by atoms with Gasteiger partial charge in [0, 0.05) is 6.54 Å². The molecular weight excluding hydrogens is 236 g/mol. The summed E-state index contributed by atoms with van der Waals surface area (Å²) in [5.74, 6) is 0.759. The average molecular weight is 260 g/mol. The highest BCUT2D eigenvalue weighted by atomic mass is 16.2. The summed E-state index contributed by atoms with van der Waals surface area (Å²) in [6.07, 6.45) is 2.23. The quantitative estimate of drug-likeness (QED) is 0.882. The Labute approximate surface area is 116 Å². The van der Waals surface area contributed by atoms with Crippen molar-refractivity contribution < 1.29 is 4.79 Å². The fourth-order valence-corrected chi connectivity index (χ4v) is 2.48. The molecular formula is C16H24N2O. The monoisotopic (exact) mass is 260 g/mol. The van der Waals surface area contributed by atoms with E-state index >= 15 is 0 Å². The Morgan fingerprint density at radius 2 is 2.00 bits per heavy atom. The largest absolute Gasteiger partial charge is 0.322 e. The third-order valence-electron chi connectivity index (χ3n) is 3.75. The Kier molecular flexibility index (Phi) is 4.59. The van der Waals surface area contributed by atoms with Crippen LogP contribution in [0.5, 0.6) is 0 Å². The summed E-state index contributed by atoms with van der Waals surface area (Å²) >= 11 is 0. The number of benzene rings is 1. The minimum absolute atomic E-state index is 0.0558. The van der Waals surface area contributed by atoms with E-state index in [2.05, 4.69) is 50.4 Å². The first-order chi connectivity index (χ1) is 9.13. The van der Waals surface area contributed by atoms with Crippen molar-refractivity contribution in [3.05, 3.63) is 35.4 Å². The lowest BCUT2D eigenvalue weighted by Crippen LogP contribution is -2.31. The molecule has 1 heterocycles. The maximum Gasteiger partial charge on any atom is 0.238 e. The minimum Gasteiger partial charge on any atom is -0.322 e. The molecule has 1 atom stereocenters. The van der Waals surface area contributed by atoms with Crippen LogP contribution in [0.2, 0.25) is 0 Å². The van der Waals surface area contributed by atoms with Crippen molar-refractivity contribution in [2.75, 3.05) is 13.1 Å². The lowest BCUT2D eigenvalue weighted by Gasteiger charge is -2.24. The van der Waals surface area contributed by atoms with Gasteiger partial charge in [-0.15, -0.1) is 0 Å². The highest BCUT2D eigenvalue weighted by Gasteiger charge is 2.30. The van der Waals surface area contributed by atoms with Crippen LogP contribution < -0.4 is 5.32 Å². The van der Waals surface area contributed by atoms with Gasteiger partial charge in [0.25, 0.3) is 0 Å². The Morgan fingerprint density at radius 1 is 1.32 bits per heavy atom. The summed E-state index contributed by atoms with van der Waals surface area (Å²) in [5, 5.41) is 3.31. The molecule has 0 spiro atoms. The van der Waals surface area contributed by atoms with Crippen LogP contribution in [0.25, 0.3) is 0 Å². The second-order valence-corrected chi connectivity index (χ2v) is 5.55. The molecule has 0 saturated carbocycles. The molecule has 0 radical (unpaired) electrons. The first-order valence-electron chi connectivity index (χ1n) is 7.26. The van der Waals surface area contributed by atoms with Crippen LogP contribution in [-0.2, 0) is 4.79 Å². The SMILES string of the molecule is CCCCN1C(=O)CNC1c1ccc(C(C)C)cc1. The molecule has 3 heteroatoms. The third-order valence-corrected chi connectivity index (χ3v) is 3.75. The molecule has 0 aromatic heterocycles. The zero-order chi connectivity index (χ0) is 13.8. The van der Waals surface area contributed by atoms with Crippen LogP contribution in [-0.4, -0.2) is 23.9 Å². The second kappa shape index (κ2) is 6.20. The first kappa shape index (κ1) is 14.1. The molecule has 1 aliphatic rings. The summed E-state index contributed by atoms with van der Waals surface area (Å²) in [7, 11) is 0. The predicted molar refractivity (Wildman–Crippen MR) is 77.9 cm³/mol. The molecule has 1 aliphatic heterocycles. The molecule has 1 amide bonds. The highest BCUT2D eigenvalue weighted by molar-refractivity contribution is 5.80. The smallest absolute Gasteiger partial charge is 0.238 e. The number of carbonyl (C=O) groups excluding carboxylic acids is 1. The summed E-state index contributed by atoms with van der Waals surface area (Å²) in [6, 6.07) is 8.63. The van der Waals surface area contributed by atoms with E-state index in [4.69, 9.17) is 0 Å². The van der Waals surface area contributed by atoms with E-state index in [9.17, 15) is 4.79 Å². The minimum atomic E-state index is 0.0558. The topological polar surface area (TPSA) is 32.3 Å². The van der Waals surface area contributed by atoms with Gasteiger partial charge in [0.05, 0.1) is 6.54 Å². The number of rotatable bonds is 5. The summed E-state index contributed by atoms with van der Waals surface area (Å²) in [5.41, 5.74) is 2.53. The molecule has 1 aromatic rings.